The third kappa shape index (κ3) is 1.92. The van der Waals surface area contributed by atoms with Crippen LogP contribution in [0.2, 0.25) is 0 Å². The molecule has 0 bridgehead atoms. The Balaban J connectivity index is 2.35. The molecule has 0 radical (unpaired) electrons. The molecule has 0 spiro atoms. The lowest BCUT2D eigenvalue weighted by molar-refractivity contribution is 1.36. The molecule has 2 aromatic heterocycles. The molecule has 0 atom stereocenters. The van der Waals surface area contributed by atoms with E-state index in [1.165, 1.54) is 4.88 Å². The van der Waals surface area contributed by atoms with E-state index in [2.05, 4.69) is 37.7 Å². The first-order chi connectivity index (χ1) is 6.29. The number of halogens is 1. The Hall–Kier alpha value is -0.390. The second-order valence-corrected chi connectivity index (χ2v) is 5.10. The molecule has 0 fully saturated rings. The van der Waals surface area contributed by atoms with E-state index < -0.39 is 0 Å². The maximum atomic E-state index is 4.41. The van der Waals surface area contributed by atoms with Crippen LogP contribution in [0.1, 0.15) is 0 Å². The van der Waals surface area contributed by atoms with Crippen LogP contribution in [0, 0.1) is 0 Å². The zero-order valence-electron chi connectivity index (χ0n) is 6.87. The lowest BCUT2D eigenvalue weighted by atomic mass is 10.5. The number of hydrogen-bond donors (Lipinski definition) is 1. The predicted octanol–water partition coefficient (Wildman–Crippen LogP) is 3.68. The van der Waals surface area contributed by atoms with Crippen LogP contribution in [0.25, 0.3) is 9.88 Å². The SMILES string of the molecule is CNc1csc(-c2cc(Br)cs2)n1. The van der Waals surface area contributed by atoms with E-state index in [0.29, 0.717) is 0 Å². The number of hydrogen-bond acceptors (Lipinski definition) is 4. The molecule has 0 unspecified atom stereocenters. The van der Waals surface area contributed by atoms with Gasteiger partial charge in [-0.3, -0.25) is 0 Å². The van der Waals surface area contributed by atoms with Gasteiger partial charge in [-0.2, -0.15) is 0 Å². The minimum atomic E-state index is 0.935. The quantitative estimate of drug-likeness (QED) is 0.904. The molecule has 0 aliphatic rings. The van der Waals surface area contributed by atoms with Gasteiger partial charge in [0.05, 0.1) is 4.88 Å². The van der Waals surface area contributed by atoms with Crippen LogP contribution in [-0.4, -0.2) is 12.0 Å². The van der Waals surface area contributed by atoms with Crippen molar-refractivity contribution in [1.82, 2.24) is 4.98 Å². The highest BCUT2D eigenvalue weighted by atomic mass is 79.9. The Morgan fingerprint density at radius 3 is 2.77 bits per heavy atom. The summed E-state index contributed by atoms with van der Waals surface area (Å²) in [6.45, 7) is 0. The van der Waals surface area contributed by atoms with Gasteiger partial charge in [0.1, 0.15) is 10.8 Å². The van der Waals surface area contributed by atoms with Gasteiger partial charge in [0, 0.05) is 22.3 Å². The average Bonchev–Trinajstić information content (AvgIpc) is 2.71. The Bertz CT molecular complexity index is 408. The summed E-state index contributed by atoms with van der Waals surface area (Å²) in [7, 11) is 1.88. The number of aromatic nitrogens is 1. The smallest absolute Gasteiger partial charge is 0.137 e. The summed E-state index contributed by atoms with van der Waals surface area (Å²) in [5.74, 6) is 0.935. The molecule has 5 heteroatoms. The summed E-state index contributed by atoms with van der Waals surface area (Å²) in [5.41, 5.74) is 0. The lowest BCUT2D eigenvalue weighted by Gasteiger charge is -1.89. The first-order valence-corrected chi connectivity index (χ1v) is 6.22. The third-order valence-electron chi connectivity index (χ3n) is 1.54. The van der Waals surface area contributed by atoms with Gasteiger partial charge < -0.3 is 5.32 Å². The van der Waals surface area contributed by atoms with Gasteiger partial charge >= 0.3 is 0 Å². The van der Waals surface area contributed by atoms with E-state index in [4.69, 9.17) is 0 Å². The molecule has 0 saturated heterocycles. The predicted molar refractivity (Wildman–Crippen MR) is 62.7 cm³/mol. The van der Waals surface area contributed by atoms with Crippen LogP contribution in [0.4, 0.5) is 5.82 Å². The van der Waals surface area contributed by atoms with Gasteiger partial charge in [-0.05, 0) is 22.0 Å². The summed E-state index contributed by atoms with van der Waals surface area (Å²) >= 11 is 6.78. The largest absolute Gasteiger partial charge is 0.372 e. The van der Waals surface area contributed by atoms with Crippen LogP contribution in [-0.2, 0) is 0 Å². The van der Waals surface area contributed by atoms with Crippen molar-refractivity contribution in [3.05, 3.63) is 21.3 Å². The fourth-order valence-electron chi connectivity index (χ4n) is 0.927. The van der Waals surface area contributed by atoms with E-state index in [-0.39, 0.29) is 0 Å². The first-order valence-electron chi connectivity index (χ1n) is 3.67. The van der Waals surface area contributed by atoms with Gasteiger partial charge in [-0.15, -0.1) is 22.7 Å². The molecule has 2 heterocycles. The molecular formula is C8H7BrN2S2. The maximum Gasteiger partial charge on any atom is 0.137 e. The van der Waals surface area contributed by atoms with E-state index in [1.807, 2.05) is 12.4 Å². The van der Waals surface area contributed by atoms with Crippen LogP contribution >= 0.6 is 38.6 Å². The second kappa shape index (κ2) is 3.77. The lowest BCUT2D eigenvalue weighted by Crippen LogP contribution is -1.86. The Morgan fingerprint density at radius 1 is 1.38 bits per heavy atom. The molecule has 68 valence electrons. The Morgan fingerprint density at radius 2 is 2.23 bits per heavy atom. The number of rotatable bonds is 2. The Kier molecular flexibility index (Phi) is 2.66. The molecule has 2 aromatic rings. The summed E-state index contributed by atoms with van der Waals surface area (Å²) < 4.78 is 1.12. The van der Waals surface area contributed by atoms with E-state index in [1.54, 1.807) is 22.7 Å². The minimum Gasteiger partial charge on any atom is -0.372 e. The second-order valence-electron chi connectivity index (χ2n) is 2.42. The summed E-state index contributed by atoms with van der Waals surface area (Å²) in [5, 5.41) is 8.17. The van der Waals surface area contributed by atoms with Crippen molar-refractivity contribution in [2.75, 3.05) is 12.4 Å². The molecule has 1 N–H and O–H groups in total. The summed E-state index contributed by atoms with van der Waals surface area (Å²) in [4.78, 5) is 5.62. The topological polar surface area (TPSA) is 24.9 Å². The van der Waals surface area contributed by atoms with Crippen molar-refractivity contribution < 1.29 is 0 Å². The van der Waals surface area contributed by atoms with Gasteiger partial charge in [-0.1, -0.05) is 0 Å². The zero-order valence-corrected chi connectivity index (χ0v) is 10.1. The van der Waals surface area contributed by atoms with Crippen LogP contribution in [0.5, 0.6) is 0 Å². The maximum absolute atomic E-state index is 4.41. The van der Waals surface area contributed by atoms with Crippen LogP contribution in [0.15, 0.2) is 21.3 Å². The van der Waals surface area contributed by atoms with Crippen molar-refractivity contribution in [2.24, 2.45) is 0 Å². The Labute approximate surface area is 92.8 Å². The number of nitrogens with zero attached hydrogens (tertiary/aromatic N) is 1. The highest BCUT2D eigenvalue weighted by Crippen LogP contribution is 2.32. The zero-order chi connectivity index (χ0) is 9.26. The third-order valence-corrected chi connectivity index (χ3v) is 4.24. The average molecular weight is 275 g/mol. The molecular weight excluding hydrogens is 268 g/mol. The van der Waals surface area contributed by atoms with Crippen molar-refractivity contribution in [2.45, 2.75) is 0 Å². The van der Waals surface area contributed by atoms with Crippen molar-refractivity contribution in [3.63, 3.8) is 0 Å². The van der Waals surface area contributed by atoms with Crippen LogP contribution < -0.4 is 5.32 Å². The van der Waals surface area contributed by atoms with Gasteiger partial charge in [0.25, 0.3) is 0 Å². The van der Waals surface area contributed by atoms with Crippen molar-refractivity contribution in [1.29, 1.82) is 0 Å². The summed E-state index contributed by atoms with van der Waals surface area (Å²) in [6.07, 6.45) is 0. The number of anilines is 1. The normalized spacial score (nSPS) is 10.3. The minimum absolute atomic E-state index is 0.935. The molecule has 0 aliphatic heterocycles. The highest BCUT2D eigenvalue weighted by Gasteiger charge is 2.05. The highest BCUT2D eigenvalue weighted by molar-refractivity contribution is 9.10. The van der Waals surface area contributed by atoms with Crippen molar-refractivity contribution in [3.8, 4) is 9.88 Å². The molecule has 2 nitrogen and oxygen atoms in total. The molecule has 2 rings (SSSR count). The van der Waals surface area contributed by atoms with Crippen molar-refractivity contribution >= 4 is 44.4 Å². The molecule has 0 amide bonds. The number of nitrogens with one attached hydrogen (secondary N) is 1. The van der Waals surface area contributed by atoms with E-state index >= 15 is 0 Å². The van der Waals surface area contributed by atoms with E-state index in [9.17, 15) is 0 Å². The van der Waals surface area contributed by atoms with E-state index in [0.717, 1.165) is 15.3 Å². The van der Waals surface area contributed by atoms with Gasteiger partial charge in [-0.25, -0.2) is 4.98 Å². The van der Waals surface area contributed by atoms with Gasteiger partial charge in [0.2, 0.25) is 0 Å². The standard InChI is InChI=1S/C8H7BrN2S2/c1-10-7-4-13-8(11-7)6-2-5(9)3-12-6/h2-4,10H,1H3. The fraction of sp³-hybridized carbons (Fsp3) is 0.125. The monoisotopic (exact) mass is 274 g/mol. The molecule has 0 saturated carbocycles. The number of thiazole rings is 1. The summed E-state index contributed by atoms with van der Waals surface area (Å²) in [6, 6.07) is 2.09. The number of thiophene rings is 1. The molecule has 0 aliphatic carbocycles. The fourth-order valence-corrected chi connectivity index (χ4v) is 3.25. The van der Waals surface area contributed by atoms with Crippen LogP contribution in [0.3, 0.4) is 0 Å². The molecule has 13 heavy (non-hydrogen) atoms. The first kappa shape index (κ1) is 9.18. The van der Waals surface area contributed by atoms with Gasteiger partial charge in [0.15, 0.2) is 0 Å². The molecule has 0 aromatic carbocycles.